The molecule has 2 fully saturated rings. The summed E-state index contributed by atoms with van der Waals surface area (Å²) in [5.74, 6) is -0.839. The second kappa shape index (κ2) is 4.41. The van der Waals surface area contributed by atoms with Crippen molar-refractivity contribution in [2.45, 2.75) is 50.3 Å². The predicted octanol–water partition coefficient (Wildman–Crippen LogP) is -0.105. The first-order valence-corrected chi connectivity index (χ1v) is 5.32. The van der Waals surface area contributed by atoms with E-state index >= 15 is 0 Å². The van der Waals surface area contributed by atoms with Crippen LogP contribution in [0.15, 0.2) is 5.11 Å². The largest absolute Gasteiger partial charge is 0.390 e. The summed E-state index contributed by atoms with van der Waals surface area (Å²) < 4.78 is 16.1. The molecule has 0 amide bonds. The third-order valence-electron chi connectivity index (χ3n) is 2.86. The average molecular weight is 245 g/mol. The maximum Gasteiger partial charge on any atom is 0.166 e. The van der Waals surface area contributed by atoms with Crippen molar-refractivity contribution in [3.63, 3.8) is 0 Å². The molecule has 0 aromatic rings. The van der Waals surface area contributed by atoms with Gasteiger partial charge in [-0.05, 0) is 19.4 Å². The van der Waals surface area contributed by atoms with E-state index in [-0.39, 0.29) is 6.61 Å². The maximum absolute atomic E-state index is 10.0. The molecule has 2 rings (SSSR count). The van der Waals surface area contributed by atoms with Gasteiger partial charge in [0.1, 0.15) is 18.2 Å². The normalized spacial score (nSPS) is 44.6. The van der Waals surface area contributed by atoms with Crippen LogP contribution < -0.4 is 0 Å². The van der Waals surface area contributed by atoms with Crippen LogP contribution in [-0.2, 0) is 14.2 Å². The molecular formula is C9H15N3O5. The molecule has 8 heteroatoms. The quantitative estimate of drug-likeness (QED) is 0.380. The van der Waals surface area contributed by atoms with Gasteiger partial charge in [0.15, 0.2) is 12.1 Å². The van der Waals surface area contributed by atoms with E-state index in [1.807, 2.05) is 0 Å². The number of hydrogen-bond acceptors (Lipinski definition) is 6. The Kier molecular flexibility index (Phi) is 3.26. The summed E-state index contributed by atoms with van der Waals surface area (Å²) >= 11 is 0. The van der Waals surface area contributed by atoms with Crippen LogP contribution in [0.3, 0.4) is 0 Å². The lowest BCUT2D eigenvalue weighted by atomic mass is 9.96. The third-order valence-corrected chi connectivity index (χ3v) is 2.86. The van der Waals surface area contributed by atoms with Crippen molar-refractivity contribution in [1.82, 2.24) is 0 Å². The molecule has 2 aliphatic heterocycles. The summed E-state index contributed by atoms with van der Waals surface area (Å²) in [6.07, 6.45) is -3.73. The Bertz CT molecular complexity index is 344. The minimum absolute atomic E-state index is 0.203. The first kappa shape index (κ1) is 12.6. The van der Waals surface area contributed by atoms with Gasteiger partial charge in [-0.2, -0.15) is 0 Å². The van der Waals surface area contributed by atoms with Crippen LogP contribution in [0.25, 0.3) is 10.4 Å². The zero-order chi connectivity index (χ0) is 12.6. The molecule has 2 heterocycles. The second-order valence-electron chi connectivity index (χ2n) is 4.54. The van der Waals surface area contributed by atoms with E-state index in [1.165, 1.54) is 0 Å². The fraction of sp³-hybridized carbons (Fsp3) is 1.00. The molecule has 2 saturated heterocycles. The topological polar surface area (TPSA) is 117 Å². The number of fused-ring (bicyclic) bond motifs is 1. The van der Waals surface area contributed by atoms with Gasteiger partial charge >= 0.3 is 0 Å². The Morgan fingerprint density at radius 1 is 1.41 bits per heavy atom. The van der Waals surface area contributed by atoms with E-state index in [2.05, 4.69) is 10.0 Å². The Hall–Kier alpha value is -0.890. The first-order valence-electron chi connectivity index (χ1n) is 5.32. The lowest BCUT2D eigenvalue weighted by Gasteiger charge is -2.47. The molecule has 0 spiro atoms. The molecule has 0 radical (unpaired) electrons. The number of aliphatic hydroxyl groups is 2. The summed E-state index contributed by atoms with van der Waals surface area (Å²) in [4.78, 5) is 2.57. The van der Waals surface area contributed by atoms with Crippen LogP contribution in [0.4, 0.5) is 0 Å². The van der Waals surface area contributed by atoms with Crippen LogP contribution in [0.5, 0.6) is 0 Å². The Balaban J connectivity index is 2.18. The fourth-order valence-corrected chi connectivity index (χ4v) is 2.03. The molecule has 17 heavy (non-hydrogen) atoms. The number of hydrogen-bond donors (Lipinski definition) is 2. The van der Waals surface area contributed by atoms with Gasteiger partial charge in [-0.15, -0.1) is 0 Å². The van der Waals surface area contributed by atoms with Gasteiger partial charge < -0.3 is 24.4 Å². The molecule has 8 nitrogen and oxygen atoms in total. The van der Waals surface area contributed by atoms with Gasteiger partial charge in [0, 0.05) is 4.91 Å². The molecule has 2 unspecified atom stereocenters. The monoisotopic (exact) mass is 245 g/mol. The average Bonchev–Trinajstić information content (AvgIpc) is 2.25. The van der Waals surface area contributed by atoms with Crippen molar-refractivity contribution >= 4 is 0 Å². The molecule has 0 bridgehead atoms. The smallest absolute Gasteiger partial charge is 0.166 e. The summed E-state index contributed by atoms with van der Waals surface area (Å²) in [7, 11) is 0. The minimum atomic E-state index is -1.35. The number of azide groups is 1. The van der Waals surface area contributed by atoms with E-state index in [0.717, 1.165) is 0 Å². The molecular weight excluding hydrogens is 230 g/mol. The molecule has 0 aliphatic carbocycles. The summed E-state index contributed by atoms with van der Waals surface area (Å²) in [6.45, 7) is 3.63. The van der Waals surface area contributed by atoms with Gasteiger partial charge in [0.2, 0.25) is 0 Å². The van der Waals surface area contributed by atoms with Crippen LogP contribution in [0, 0.1) is 0 Å². The zero-order valence-electron chi connectivity index (χ0n) is 9.55. The van der Waals surface area contributed by atoms with E-state index < -0.39 is 36.4 Å². The highest BCUT2D eigenvalue weighted by Crippen LogP contribution is 2.32. The van der Waals surface area contributed by atoms with Crippen LogP contribution in [-0.4, -0.2) is 53.3 Å². The van der Waals surface area contributed by atoms with Crippen molar-refractivity contribution in [1.29, 1.82) is 0 Å². The highest BCUT2D eigenvalue weighted by Gasteiger charge is 2.50. The van der Waals surface area contributed by atoms with Crippen molar-refractivity contribution in [2.75, 3.05) is 6.61 Å². The van der Waals surface area contributed by atoms with E-state index in [0.29, 0.717) is 0 Å². The van der Waals surface area contributed by atoms with E-state index in [1.54, 1.807) is 13.8 Å². The predicted molar refractivity (Wildman–Crippen MR) is 54.7 cm³/mol. The Labute approximate surface area is 97.7 Å². The summed E-state index contributed by atoms with van der Waals surface area (Å²) in [6, 6.07) is -1.07. The van der Waals surface area contributed by atoms with Crippen LogP contribution in [0.1, 0.15) is 13.8 Å². The number of aliphatic hydroxyl groups excluding tert-OH is 2. The Morgan fingerprint density at radius 3 is 2.76 bits per heavy atom. The minimum Gasteiger partial charge on any atom is -0.390 e. The second-order valence-corrected chi connectivity index (χ2v) is 4.54. The van der Waals surface area contributed by atoms with Crippen molar-refractivity contribution in [2.24, 2.45) is 5.11 Å². The Morgan fingerprint density at radius 2 is 2.12 bits per heavy atom. The molecule has 96 valence electrons. The molecule has 0 aromatic carbocycles. The highest BCUT2D eigenvalue weighted by atomic mass is 16.7. The molecule has 0 saturated carbocycles. The molecule has 5 atom stereocenters. The maximum atomic E-state index is 10.0. The summed E-state index contributed by atoms with van der Waals surface area (Å²) in [5, 5.41) is 22.9. The summed E-state index contributed by atoms with van der Waals surface area (Å²) in [5.41, 5.74) is 8.37. The van der Waals surface area contributed by atoms with E-state index in [9.17, 15) is 10.2 Å². The van der Waals surface area contributed by atoms with Crippen LogP contribution in [0.2, 0.25) is 0 Å². The zero-order valence-corrected chi connectivity index (χ0v) is 9.55. The molecule has 2 N–H and O–H groups in total. The highest BCUT2D eigenvalue weighted by molar-refractivity contribution is 4.96. The lowest BCUT2D eigenvalue weighted by Crippen LogP contribution is -2.63. The SMILES string of the molecule is CC1(C)OCC2O[C@@H](O)[C@@H](N=[N+]=[N-])C(O)[C@@H]2O1. The van der Waals surface area contributed by atoms with Gasteiger partial charge in [-0.1, -0.05) is 5.11 Å². The van der Waals surface area contributed by atoms with Gasteiger partial charge in [-0.3, -0.25) is 0 Å². The molecule has 0 aromatic heterocycles. The van der Waals surface area contributed by atoms with E-state index in [4.69, 9.17) is 19.7 Å². The first-order chi connectivity index (χ1) is 7.94. The van der Waals surface area contributed by atoms with Crippen molar-refractivity contribution < 1.29 is 24.4 Å². The standard InChI is InChI=1S/C9H15N3O5/c1-9(2)15-3-4-7(17-9)6(13)5(11-12-10)8(14)16-4/h4-8,13-14H,3H2,1-2H3/t4?,5-,6?,7+,8+/m0/s1. The van der Waals surface area contributed by atoms with Crippen LogP contribution >= 0.6 is 0 Å². The van der Waals surface area contributed by atoms with Gasteiger partial charge in [-0.25, -0.2) is 0 Å². The number of nitrogens with zero attached hydrogens (tertiary/aromatic N) is 3. The number of rotatable bonds is 1. The third kappa shape index (κ3) is 2.37. The van der Waals surface area contributed by atoms with Gasteiger partial charge in [0.25, 0.3) is 0 Å². The molecule has 2 aliphatic rings. The number of ether oxygens (including phenoxy) is 3. The lowest BCUT2D eigenvalue weighted by molar-refractivity contribution is -0.362. The van der Waals surface area contributed by atoms with Gasteiger partial charge in [0.05, 0.1) is 12.7 Å². The van der Waals surface area contributed by atoms with Crippen molar-refractivity contribution in [3.8, 4) is 0 Å². The van der Waals surface area contributed by atoms with Crippen molar-refractivity contribution in [3.05, 3.63) is 10.4 Å². The fourth-order valence-electron chi connectivity index (χ4n) is 2.03.